The van der Waals surface area contributed by atoms with E-state index in [1.54, 1.807) is 29.2 Å². The average molecular weight is 433 g/mol. The lowest BCUT2D eigenvalue weighted by Gasteiger charge is -2.34. The molecule has 3 rings (SSSR count). The van der Waals surface area contributed by atoms with E-state index >= 15 is 0 Å². The Labute approximate surface area is 171 Å². The van der Waals surface area contributed by atoms with Crippen LogP contribution in [-0.4, -0.2) is 49.9 Å². The lowest BCUT2D eigenvalue weighted by molar-refractivity contribution is 0.0655. The van der Waals surface area contributed by atoms with Gasteiger partial charge in [-0.1, -0.05) is 0 Å². The molecule has 2 heterocycles. The first-order valence-corrected chi connectivity index (χ1v) is 9.50. The number of hydrogen-bond donors (Lipinski definition) is 2. The normalized spacial score (nSPS) is 16.6. The first-order valence-electron chi connectivity index (χ1n) is 8.02. The number of hydrogen-bond acceptors (Lipinski definition) is 5. The minimum Gasteiger partial charge on any atom is -0.333 e. The number of aromatic nitrogens is 1. The number of halogens is 2. The van der Waals surface area contributed by atoms with Crippen LogP contribution in [0.4, 0.5) is 5.69 Å². The summed E-state index contributed by atoms with van der Waals surface area (Å²) in [5.41, 5.74) is 0.918. The van der Waals surface area contributed by atoms with Crippen LogP contribution in [0.25, 0.3) is 0 Å². The zero-order valence-corrected chi connectivity index (χ0v) is 17.1. The van der Waals surface area contributed by atoms with E-state index in [9.17, 15) is 13.2 Å². The van der Waals surface area contributed by atoms with Gasteiger partial charge in [-0.3, -0.25) is 14.5 Å². The monoisotopic (exact) mass is 432 g/mol. The molecule has 1 aliphatic heterocycles. The quantitative estimate of drug-likeness (QED) is 0.771. The van der Waals surface area contributed by atoms with Gasteiger partial charge in [0.05, 0.1) is 10.6 Å². The van der Waals surface area contributed by atoms with Gasteiger partial charge in [-0.2, -0.15) is 0 Å². The Hall–Kier alpha value is -1.87. The van der Waals surface area contributed by atoms with Gasteiger partial charge in [0, 0.05) is 43.6 Å². The first-order chi connectivity index (χ1) is 12.0. The van der Waals surface area contributed by atoms with Crippen molar-refractivity contribution < 1.29 is 13.2 Å². The number of amides is 1. The van der Waals surface area contributed by atoms with Crippen molar-refractivity contribution in [3.8, 4) is 0 Å². The Morgan fingerprint density at radius 3 is 2.37 bits per heavy atom. The molecule has 2 aromatic rings. The number of anilines is 1. The summed E-state index contributed by atoms with van der Waals surface area (Å²) in [4.78, 5) is 18.3. The Morgan fingerprint density at radius 1 is 1.15 bits per heavy atom. The molecule has 0 unspecified atom stereocenters. The maximum absolute atomic E-state index is 12.6. The SMILES string of the molecule is C[C@H]1CNCCN1C(=O)c1ccc(S(=O)(=O)Nc2ccncc2)cc1.Cl.Cl. The maximum Gasteiger partial charge on any atom is 0.261 e. The van der Waals surface area contributed by atoms with Crippen LogP contribution in [0, 0.1) is 0 Å². The molecule has 1 saturated heterocycles. The molecule has 0 aliphatic carbocycles. The molecule has 1 amide bonds. The lowest BCUT2D eigenvalue weighted by Crippen LogP contribution is -2.52. The van der Waals surface area contributed by atoms with E-state index in [1.165, 1.54) is 24.5 Å². The number of piperazine rings is 1. The third-order valence-corrected chi connectivity index (χ3v) is 5.50. The van der Waals surface area contributed by atoms with Gasteiger partial charge in [0.2, 0.25) is 0 Å². The molecule has 2 N–H and O–H groups in total. The number of nitrogens with zero attached hydrogens (tertiary/aromatic N) is 2. The summed E-state index contributed by atoms with van der Waals surface area (Å²) in [7, 11) is -3.70. The number of benzene rings is 1. The van der Waals surface area contributed by atoms with Crippen molar-refractivity contribution >= 4 is 46.4 Å². The number of nitrogens with one attached hydrogen (secondary N) is 2. The highest BCUT2D eigenvalue weighted by atomic mass is 35.5. The highest BCUT2D eigenvalue weighted by Gasteiger charge is 2.24. The van der Waals surface area contributed by atoms with Crippen molar-refractivity contribution in [1.29, 1.82) is 0 Å². The van der Waals surface area contributed by atoms with E-state index in [4.69, 9.17) is 0 Å². The first kappa shape index (κ1) is 23.2. The van der Waals surface area contributed by atoms with Gasteiger partial charge in [-0.25, -0.2) is 8.42 Å². The zero-order valence-electron chi connectivity index (χ0n) is 14.7. The number of carbonyl (C=O) groups is 1. The Morgan fingerprint density at radius 2 is 1.78 bits per heavy atom. The molecule has 1 fully saturated rings. The second-order valence-electron chi connectivity index (χ2n) is 5.92. The lowest BCUT2D eigenvalue weighted by atomic mass is 10.1. The van der Waals surface area contributed by atoms with Crippen molar-refractivity contribution in [3.05, 3.63) is 54.4 Å². The summed E-state index contributed by atoms with van der Waals surface area (Å²) in [5.74, 6) is -0.0833. The van der Waals surface area contributed by atoms with Gasteiger partial charge in [0.1, 0.15) is 0 Å². The van der Waals surface area contributed by atoms with Crippen LogP contribution >= 0.6 is 24.8 Å². The van der Waals surface area contributed by atoms with Crippen LogP contribution in [0.15, 0.2) is 53.7 Å². The van der Waals surface area contributed by atoms with Gasteiger partial charge >= 0.3 is 0 Å². The summed E-state index contributed by atoms with van der Waals surface area (Å²) < 4.78 is 27.3. The summed E-state index contributed by atoms with van der Waals surface area (Å²) in [6.45, 7) is 4.15. The van der Waals surface area contributed by atoms with Crippen molar-refractivity contribution in [3.63, 3.8) is 0 Å². The fourth-order valence-electron chi connectivity index (χ4n) is 2.72. The predicted octanol–water partition coefficient (Wildman–Crippen LogP) is 2.16. The smallest absolute Gasteiger partial charge is 0.261 e. The number of sulfonamides is 1. The van der Waals surface area contributed by atoms with E-state index in [-0.39, 0.29) is 41.7 Å². The molecule has 1 aromatic carbocycles. The van der Waals surface area contributed by atoms with Crippen LogP contribution < -0.4 is 10.0 Å². The van der Waals surface area contributed by atoms with E-state index < -0.39 is 10.0 Å². The highest BCUT2D eigenvalue weighted by Crippen LogP contribution is 2.17. The van der Waals surface area contributed by atoms with Crippen molar-refractivity contribution in [2.75, 3.05) is 24.4 Å². The minimum absolute atomic E-state index is 0. The molecule has 148 valence electrons. The van der Waals surface area contributed by atoms with Crippen LogP contribution in [0.1, 0.15) is 17.3 Å². The van der Waals surface area contributed by atoms with Crippen LogP contribution in [0.3, 0.4) is 0 Å². The molecule has 1 aliphatic rings. The van der Waals surface area contributed by atoms with Crippen molar-refractivity contribution in [2.45, 2.75) is 17.9 Å². The number of rotatable bonds is 4. The van der Waals surface area contributed by atoms with Crippen molar-refractivity contribution in [2.24, 2.45) is 0 Å². The molecule has 1 aromatic heterocycles. The summed E-state index contributed by atoms with van der Waals surface area (Å²) in [6, 6.07) is 9.25. The van der Waals surface area contributed by atoms with E-state index in [0.29, 0.717) is 17.8 Å². The molecular weight excluding hydrogens is 411 g/mol. The summed E-state index contributed by atoms with van der Waals surface area (Å²) in [6.07, 6.45) is 3.02. The van der Waals surface area contributed by atoms with E-state index in [2.05, 4.69) is 15.0 Å². The molecule has 0 saturated carbocycles. The standard InChI is InChI=1S/C17H20N4O3S.2ClH/c1-13-12-19-10-11-21(13)17(22)14-2-4-16(5-3-14)25(23,24)20-15-6-8-18-9-7-15;;/h2-9,13,19H,10-12H2,1H3,(H,18,20);2*1H/t13-;;/m0../s1. The molecule has 0 bridgehead atoms. The van der Waals surface area contributed by atoms with Gasteiger partial charge in [0.25, 0.3) is 15.9 Å². The molecule has 0 spiro atoms. The number of pyridine rings is 1. The van der Waals surface area contributed by atoms with Gasteiger partial charge in [-0.05, 0) is 43.3 Å². The third-order valence-electron chi connectivity index (χ3n) is 4.11. The largest absolute Gasteiger partial charge is 0.333 e. The second kappa shape index (κ2) is 9.89. The maximum atomic E-state index is 12.6. The number of carbonyl (C=O) groups excluding carboxylic acids is 1. The van der Waals surface area contributed by atoms with E-state index in [1.807, 2.05) is 6.92 Å². The predicted molar refractivity (Wildman–Crippen MR) is 109 cm³/mol. The molecular formula is C17H22Cl2N4O3S. The Kier molecular flexibility index (Phi) is 8.49. The fourth-order valence-corrected chi connectivity index (χ4v) is 3.78. The average Bonchev–Trinajstić information content (AvgIpc) is 2.62. The molecule has 0 radical (unpaired) electrons. The van der Waals surface area contributed by atoms with E-state index in [0.717, 1.165) is 13.1 Å². The van der Waals surface area contributed by atoms with Crippen molar-refractivity contribution in [1.82, 2.24) is 15.2 Å². The molecule has 10 heteroatoms. The zero-order chi connectivity index (χ0) is 17.9. The Balaban J connectivity index is 0.00000182. The van der Waals surface area contributed by atoms with Crippen LogP contribution in [-0.2, 0) is 10.0 Å². The summed E-state index contributed by atoms with van der Waals surface area (Å²) >= 11 is 0. The second-order valence-corrected chi connectivity index (χ2v) is 7.60. The van der Waals surface area contributed by atoms with Gasteiger partial charge in [0.15, 0.2) is 0 Å². The summed E-state index contributed by atoms with van der Waals surface area (Å²) in [5, 5.41) is 3.24. The topological polar surface area (TPSA) is 91.4 Å². The van der Waals surface area contributed by atoms with Crippen LogP contribution in [0.2, 0.25) is 0 Å². The third kappa shape index (κ3) is 5.55. The molecule has 1 atom stereocenters. The van der Waals surface area contributed by atoms with Gasteiger partial charge < -0.3 is 10.2 Å². The van der Waals surface area contributed by atoms with Gasteiger partial charge in [-0.15, -0.1) is 24.8 Å². The fraction of sp³-hybridized carbons (Fsp3) is 0.294. The highest BCUT2D eigenvalue weighted by molar-refractivity contribution is 7.92. The minimum atomic E-state index is -3.70. The Bertz CT molecular complexity index is 848. The molecule has 27 heavy (non-hydrogen) atoms. The van der Waals surface area contributed by atoms with Crippen LogP contribution in [0.5, 0.6) is 0 Å². The molecule has 7 nitrogen and oxygen atoms in total.